The van der Waals surface area contributed by atoms with E-state index in [1.807, 2.05) is 18.4 Å². The molecule has 2 rings (SSSR count). The van der Waals surface area contributed by atoms with Crippen LogP contribution in [0.2, 0.25) is 0 Å². The van der Waals surface area contributed by atoms with Crippen LogP contribution in [0.25, 0.3) is 11.3 Å². The second kappa shape index (κ2) is 7.50. The number of benzene rings is 1. The molecule has 0 unspecified atom stereocenters. The van der Waals surface area contributed by atoms with Crippen LogP contribution in [-0.2, 0) is 6.42 Å². The molecule has 19 heavy (non-hydrogen) atoms. The molecule has 0 aliphatic heterocycles. The van der Waals surface area contributed by atoms with Gasteiger partial charge in [0.05, 0.1) is 12.3 Å². The minimum atomic E-state index is 0. The van der Waals surface area contributed by atoms with Crippen molar-refractivity contribution in [2.24, 2.45) is 0 Å². The Hall–Kier alpha value is -1.07. The fourth-order valence-corrected chi connectivity index (χ4v) is 2.48. The highest BCUT2D eigenvalue weighted by Gasteiger charge is 2.10. The van der Waals surface area contributed by atoms with E-state index in [-0.39, 0.29) is 17.0 Å². The standard InChI is InChI=1S/C14H18N2OS.BrH/c1-3-5-10-6-7-13(17-4-2)11(8-10)12-9-18-14(15)16-12;/h6-9H,3-5H2,1-2H3,(H2,15,16);1H. The Morgan fingerprint density at radius 3 is 2.68 bits per heavy atom. The smallest absolute Gasteiger partial charge is 0.180 e. The highest BCUT2D eigenvalue weighted by molar-refractivity contribution is 8.93. The number of hydrogen-bond acceptors (Lipinski definition) is 4. The number of halogens is 1. The number of thiazole rings is 1. The summed E-state index contributed by atoms with van der Waals surface area (Å²) in [4.78, 5) is 4.34. The van der Waals surface area contributed by atoms with Crippen LogP contribution in [0.15, 0.2) is 23.6 Å². The van der Waals surface area contributed by atoms with E-state index in [9.17, 15) is 0 Å². The first kappa shape index (κ1) is 16.0. The highest BCUT2D eigenvalue weighted by Crippen LogP contribution is 2.32. The zero-order chi connectivity index (χ0) is 13.0. The van der Waals surface area contributed by atoms with Crippen LogP contribution in [-0.4, -0.2) is 11.6 Å². The van der Waals surface area contributed by atoms with Gasteiger partial charge in [-0.25, -0.2) is 4.98 Å². The summed E-state index contributed by atoms with van der Waals surface area (Å²) in [5.74, 6) is 0.877. The first-order valence-corrected chi connectivity index (χ1v) is 7.09. The van der Waals surface area contributed by atoms with Gasteiger partial charge in [-0.15, -0.1) is 28.3 Å². The van der Waals surface area contributed by atoms with Gasteiger partial charge < -0.3 is 10.5 Å². The molecule has 0 saturated heterocycles. The number of aromatic nitrogens is 1. The number of rotatable bonds is 5. The van der Waals surface area contributed by atoms with Gasteiger partial charge in [0.1, 0.15) is 5.75 Å². The van der Waals surface area contributed by atoms with Gasteiger partial charge in [-0.2, -0.15) is 0 Å². The van der Waals surface area contributed by atoms with E-state index >= 15 is 0 Å². The molecule has 0 bridgehead atoms. The fraction of sp³-hybridized carbons (Fsp3) is 0.357. The van der Waals surface area contributed by atoms with Gasteiger partial charge in [0.2, 0.25) is 0 Å². The third-order valence-corrected chi connectivity index (χ3v) is 3.35. The maximum atomic E-state index is 5.70. The molecule has 3 nitrogen and oxygen atoms in total. The molecule has 0 fully saturated rings. The van der Waals surface area contributed by atoms with Crippen LogP contribution in [0.4, 0.5) is 5.13 Å². The van der Waals surface area contributed by atoms with E-state index in [0.29, 0.717) is 11.7 Å². The Balaban J connectivity index is 0.00000180. The molecule has 0 amide bonds. The first-order valence-electron chi connectivity index (χ1n) is 6.21. The molecule has 1 aromatic carbocycles. The molecule has 5 heteroatoms. The number of aryl methyl sites for hydroxylation is 1. The zero-order valence-electron chi connectivity index (χ0n) is 11.2. The number of nitrogens with two attached hydrogens (primary N) is 1. The molecule has 0 aliphatic carbocycles. The molecule has 0 spiro atoms. The van der Waals surface area contributed by atoms with Gasteiger partial charge in [-0.05, 0) is 31.0 Å². The lowest BCUT2D eigenvalue weighted by molar-refractivity contribution is 0.341. The summed E-state index contributed by atoms with van der Waals surface area (Å²) in [5.41, 5.74) is 8.95. The van der Waals surface area contributed by atoms with Gasteiger partial charge in [-0.1, -0.05) is 19.4 Å². The largest absolute Gasteiger partial charge is 0.493 e. The Labute approximate surface area is 128 Å². The summed E-state index contributed by atoms with van der Waals surface area (Å²) in [6, 6.07) is 6.30. The SMILES string of the molecule is Br.CCCc1ccc(OCC)c(-c2csc(N)n2)c1. The van der Waals surface area contributed by atoms with Crippen molar-refractivity contribution in [3.8, 4) is 17.0 Å². The predicted molar refractivity (Wildman–Crippen MR) is 87.4 cm³/mol. The van der Waals surface area contributed by atoms with E-state index in [0.717, 1.165) is 29.8 Å². The minimum Gasteiger partial charge on any atom is -0.493 e. The van der Waals surface area contributed by atoms with E-state index in [1.54, 1.807) is 0 Å². The molecule has 0 atom stereocenters. The molecule has 1 heterocycles. The molecule has 1 aromatic heterocycles. The normalized spacial score (nSPS) is 10.0. The van der Waals surface area contributed by atoms with Crippen LogP contribution in [0.3, 0.4) is 0 Å². The first-order chi connectivity index (χ1) is 8.74. The predicted octanol–water partition coefficient (Wildman–Crippen LogP) is 4.32. The summed E-state index contributed by atoms with van der Waals surface area (Å²) in [6.45, 7) is 4.82. The van der Waals surface area contributed by atoms with E-state index < -0.39 is 0 Å². The summed E-state index contributed by atoms with van der Waals surface area (Å²) < 4.78 is 5.66. The third kappa shape index (κ3) is 3.94. The Morgan fingerprint density at radius 1 is 1.32 bits per heavy atom. The monoisotopic (exact) mass is 342 g/mol. The van der Waals surface area contributed by atoms with Gasteiger partial charge in [0, 0.05) is 10.9 Å². The van der Waals surface area contributed by atoms with Crippen molar-refractivity contribution >= 4 is 33.4 Å². The Kier molecular flexibility index (Phi) is 6.31. The van der Waals surface area contributed by atoms with Crippen molar-refractivity contribution in [2.45, 2.75) is 26.7 Å². The van der Waals surface area contributed by atoms with E-state index in [2.05, 4.69) is 24.0 Å². The van der Waals surface area contributed by atoms with E-state index in [4.69, 9.17) is 10.5 Å². The second-order valence-electron chi connectivity index (χ2n) is 4.08. The lowest BCUT2D eigenvalue weighted by atomic mass is 10.0. The van der Waals surface area contributed by atoms with Crippen LogP contribution in [0, 0.1) is 0 Å². The maximum Gasteiger partial charge on any atom is 0.180 e. The van der Waals surface area contributed by atoms with Crippen molar-refractivity contribution in [1.29, 1.82) is 0 Å². The quantitative estimate of drug-likeness (QED) is 0.879. The van der Waals surface area contributed by atoms with Gasteiger partial charge in [0.25, 0.3) is 0 Å². The topological polar surface area (TPSA) is 48.1 Å². The van der Waals surface area contributed by atoms with Crippen LogP contribution in [0.5, 0.6) is 5.75 Å². The number of nitrogens with zero attached hydrogens (tertiary/aromatic N) is 1. The molecule has 2 N–H and O–H groups in total. The molecular weight excluding hydrogens is 324 g/mol. The Bertz CT molecular complexity index is 528. The summed E-state index contributed by atoms with van der Waals surface area (Å²) in [7, 11) is 0. The third-order valence-electron chi connectivity index (χ3n) is 2.68. The van der Waals surface area contributed by atoms with Crippen LogP contribution in [0.1, 0.15) is 25.8 Å². The average Bonchev–Trinajstić information content (AvgIpc) is 2.78. The van der Waals surface area contributed by atoms with Crippen molar-refractivity contribution < 1.29 is 4.74 Å². The fourth-order valence-electron chi connectivity index (χ4n) is 1.91. The maximum absolute atomic E-state index is 5.70. The summed E-state index contributed by atoms with van der Waals surface area (Å²) in [6.07, 6.45) is 2.20. The summed E-state index contributed by atoms with van der Waals surface area (Å²) in [5, 5.41) is 2.57. The van der Waals surface area contributed by atoms with Crippen molar-refractivity contribution in [3.63, 3.8) is 0 Å². The molecule has 0 radical (unpaired) electrons. The lowest BCUT2D eigenvalue weighted by Crippen LogP contribution is -1.96. The van der Waals surface area contributed by atoms with Crippen molar-refractivity contribution in [2.75, 3.05) is 12.3 Å². The molecular formula is C14H19BrN2OS. The molecule has 0 saturated carbocycles. The van der Waals surface area contributed by atoms with Gasteiger partial charge >= 0.3 is 0 Å². The van der Waals surface area contributed by atoms with Crippen LogP contribution < -0.4 is 10.5 Å². The average molecular weight is 343 g/mol. The number of nitrogen functional groups attached to an aromatic ring is 1. The zero-order valence-corrected chi connectivity index (χ0v) is 13.7. The highest BCUT2D eigenvalue weighted by atomic mass is 79.9. The van der Waals surface area contributed by atoms with Crippen molar-refractivity contribution in [3.05, 3.63) is 29.1 Å². The Morgan fingerprint density at radius 2 is 2.11 bits per heavy atom. The molecule has 2 aromatic rings. The summed E-state index contributed by atoms with van der Waals surface area (Å²) >= 11 is 1.46. The molecule has 0 aliphatic rings. The van der Waals surface area contributed by atoms with Gasteiger partial charge in [-0.3, -0.25) is 0 Å². The molecule has 104 valence electrons. The van der Waals surface area contributed by atoms with Crippen molar-refractivity contribution in [1.82, 2.24) is 4.98 Å². The number of ether oxygens (including phenoxy) is 1. The van der Waals surface area contributed by atoms with Crippen LogP contribution >= 0.6 is 28.3 Å². The second-order valence-corrected chi connectivity index (χ2v) is 4.97. The minimum absolute atomic E-state index is 0. The van der Waals surface area contributed by atoms with Gasteiger partial charge in [0.15, 0.2) is 5.13 Å². The van der Waals surface area contributed by atoms with E-state index in [1.165, 1.54) is 16.9 Å². The lowest BCUT2D eigenvalue weighted by Gasteiger charge is -2.10. The number of anilines is 1. The number of hydrogen-bond donors (Lipinski definition) is 1.